The summed E-state index contributed by atoms with van der Waals surface area (Å²) in [5.74, 6) is 0.372. The van der Waals surface area contributed by atoms with Crippen LogP contribution in [0.4, 0.5) is 11.6 Å². The van der Waals surface area contributed by atoms with Crippen LogP contribution in [0, 0.1) is 0 Å². The van der Waals surface area contributed by atoms with E-state index < -0.39 is 6.04 Å². The number of anilines is 2. The fourth-order valence-corrected chi connectivity index (χ4v) is 3.44. The standard InChI is InChI=1S/C17H11BrN8O/c18-10-6-4-9(5-7-10)13-12-14(16(27)22-21-13)20-17-23-24-25-26(17)15(12)11-3-1-2-8-19-11/h1-8,15H,(H,22,27)(H,20,23,25). The molecule has 5 rings (SSSR count). The van der Waals surface area contributed by atoms with Crippen molar-refractivity contribution in [3.8, 4) is 11.3 Å². The van der Waals surface area contributed by atoms with E-state index in [4.69, 9.17) is 0 Å². The maximum absolute atomic E-state index is 12.5. The van der Waals surface area contributed by atoms with Gasteiger partial charge in [-0.05, 0) is 34.7 Å². The van der Waals surface area contributed by atoms with Gasteiger partial charge in [-0.25, -0.2) is 5.10 Å². The van der Waals surface area contributed by atoms with E-state index in [0.717, 1.165) is 10.0 Å². The summed E-state index contributed by atoms with van der Waals surface area (Å²) in [6, 6.07) is 12.8. The van der Waals surface area contributed by atoms with Crippen LogP contribution in [0.2, 0.25) is 0 Å². The fraction of sp³-hybridized carbons (Fsp3) is 0.0588. The van der Waals surface area contributed by atoms with Gasteiger partial charge in [0, 0.05) is 21.8 Å². The molecular formula is C17H11BrN8O. The van der Waals surface area contributed by atoms with Crippen LogP contribution in [0.1, 0.15) is 17.3 Å². The molecule has 4 heterocycles. The predicted molar refractivity (Wildman–Crippen MR) is 101 cm³/mol. The Morgan fingerprint density at radius 2 is 1.96 bits per heavy atom. The molecule has 4 aromatic rings. The zero-order valence-corrected chi connectivity index (χ0v) is 15.3. The Balaban J connectivity index is 1.82. The third kappa shape index (κ3) is 2.53. The summed E-state index contributed by atoms with van der Waals surface area (Å²) in [4.78, 5) is 17.0. The van der Waals surface area contributed by atoms with Gasteiger partial charge in [0.1, 0.15) is 11.7 Å². The number of aromatic amines is 1. The Kier molecular flexibility index (Phi) is 3.57. The van der Waals surface area contributed by atoms with Gasteiger partial charge in [0.15, 0.2) is 0 Å². The van der Waals surface area contributed by atoms with E-state index >= 15 is 0 Å². The first-order valence-electron chi connectivity index (χ1n) is 8.06. The van der Waals surface area contributed by atoms with Crippen molar-refractivity contribution in [3.63, 3.8) is 0 Å². The molecule has 9 nitrogen and oxygen atoms in total. The van der Waals surface area contributed by atoms with Crippen molar-refractivity contribution >= 4 is 27.6 Å². The number of H-pyrrole nitrogens is 1. The van der Waals surface area contributed by atoms with Crippen LogP contribution in [-0.2, 0) is 0 Å². The third-order valence-electron chi connectivity index (χ3n) is 4.35. The van der Waals surface area contributed by atoms with Gasteiger partial charge in [0.25, 0.3) is 5.56 Å². The van der Waals surface area contributed by atoms with Gasteiger partial charge in [-0.15, -0.1) is 0 Å². The zero-order valence-electron chi connectivity index (χ0n) is 13.7. The highest BCUT2D eigenvalue weighted by Gasteiger charge is 2.34. The third-order valence-corrected chi connectivity index (χ3v) is 4.88. The molecule has 1 unspecified atom stereocenters. The van der Waals surface area contributed by atoms with Crippen molar-refractivity contribution in [1.82, 2.24) is 35.4 Å². The largest absolute Gasteiger partial charge is 0.318 e. The van der Waals surface area contributed by atoms with E-state index in [1.165, 1.54) is 0 Å². The van der Waals surface area contributed by atoms with E-state index in [9.17, 15) is 4.79 Å². The highest BCUT2D eigenvalue weighted by molar-refractivity contribution is 9.10. The number of hydrogen-bond acceptors (Lipinski definition) is 7. The molecule has 27 heavy (non-hydrogen) atoms. The van der Waals surface area contributed by atoms with Crippen LogP contribution in [-0.4, -0.2) is 35.4 Å². The molecule has 0 aliphatic carbocycles. The van der Waals surface area contributed by atoms with Gasteiger partial charge in [0.05, 0.1) is 11.4 Å². The number of fused-ring (bicyclic) bond motifs is 2. The summed E-state index contributed by atoms with van der Waals surface area (Å²) in [6.45, 7) is 0. The van der Waals surface area contributed by atoms with Crippen LogP contribution in [0.25, 0.3) is 11.3 Å². The molecule has 1 atom stereocenters. The number of pyridine rings is 1. The van der Waals surface area contributed by atoms with Crippen molar-refractivity contribution in [1.29, 1.82) is 0 Å². The molecule has 3 aromatic heterocycles. The molecule has 1 aliphatic heterocycles. The van der Waals surface area contributed by atoms with E-state index in [1.54, 1.807) is 10.9 Å². The molecule has 0 radical (unpaired) electrons. The van der Waals surface area contributed by atoms with Gasteiger partial charge in [-0.2, -0.15) is 9.78 Å². The fourth-order valence-electron chi connectivity index (χ4n) is 3.18. The summed E-state index contributed by atoms with van der Waals surface area (Å²) < 4.78 is 2.56. The predicted octanol–water partition coefficient (Wildman–Crippen LogP) is 2.28. The van der Waals surface area contributed by atoms with Crippen molar-refractivity contribution in [2.75, 3.05) is 5.32 Å². The quantitative estimate of drug-likeness (QED) is 0.448. The summed E-state index contributed by atoms with van der Waals surface area (Å²) in [6.07, 6.45) is 1.70. The van der Waals surface area contributed by atoms with Gasteiger partial charge in [-0.3, -0.25) is 9.78 Å². The minimum atomic E-state index is -0.485. The SMILES string of the molecule is O=c1[nH]nc(-c2ccc(Br)cc2)c2c1Nc1nnnn1C2c1ccccn1. The lowest BCUT2D eigenvalue weighted by molar-refractivity contribution is 0.556. The molecule has 0 saturated carbocycles. The topological polar surface area (TPSA) is 114 Å². The van der Waals surface area contributed by atoms with Crippen LogP contribution >= 0.6 is 15.9 Å². The average Bonchev–Trinajstić information content (AvgIpc) is 3.17. The summed E-state index contributed by atoms with van der Waals surface area (Å²) in [5, 5.41) is 21.7. The Bertz CT molecular complexity index is 1190. The number of hydrogen-bond donors (Lipinski definition) is 2. The second-order valence-corrected chi connectivity index (χ2v) is 6.84. The summed E-state index contributed by atoms with van der Waals surface area (Å²) in [7, 11) is 0. The number of tetrazole rings is 1. The van der Waals surface area contributed by atoms with E-state index in [-0.39, 0.29) is 5.56 Å². The van der Waals surface area contributed by atoms with Gasteiger partial charge >= 0.3 is 0 Å². The molecule has 132 valence electrons. The first-order chi connectivity index (χ1) is 13.2. The number of nitrogens with one attached hydrogen (secondary N) is 2. The minimum Gasteiger partial charge on any atom is -0.318 e. The molecule has 0 spiro atoms. The monoisotopic (exact) mass is 422 g/mol. The molecule has 10 heteroatoms. The van der Waals surface area contributed by atoms with Crippen LogP contribution in [0.5, 0.6) is 0 Å². The minimum absolute atomic E-state index is 0.346. The van der Waals surface area contributed by atoms with Gasteiger partial charge in [0.2, 0.25) is 5.95 Å². The highest BCUT2D eigenvalue weighted by atomic mass is 79.9. The summed E-state index contributed by atoms with van der Waals surface area (Å²) in [5.41, 5.74) is 2.87. The maximum Gasteiger partial charge on any atom is 0.288 e. The van der Waals surface area contributed by atoms with E-state index in [0.29, 0.717) is 28.6 Å². The van der Waals surface area contributed by atoms with Crippen molar-refractivity contribution in [2.24, 2.45) is 0 Å². The zero-order chi connectivity index (χ0) is 18.4. The van der Waals surface area contributed by atoms with E-state index in [2.05, 4.69) is 52.0 Å². The van der Waals surface area contributed by atoms with Crippen LogP contribution in [0.15, 0.2) is 57.9 Å². The first kappa shape index (κ1) is 15.8. The number of aromatic nitrogens is 7. The molecule has 1 aromatic carbocycles. The average molecular weight is 423 g/mol. The highest BCUT2D eigenvalue weighted by Crippen LogP contribution is 2.40. The lowest BCUT2D eigenvalue weighted by Gasteiger charge is -2.27. The van der Waals surface area contributed by atoms with Gasteiger partial charge < -0.3 is 5.32 Å². The Morgan fingerprint density at radius 3 is 2.74 bits per heavy atom. The van der Waals surface area contributed by atoms with Crippen molar-refractivity contribution < 1.29 is 0 Å². The Hall–Kier alpha value is -3.40. The smallest absolute Gasteiger partial charge is 0.288 e. The number of rotatable bonds is 2. The number of benzene rings is 1. The van der Waals surface area contributed by atoms with Crippen molar-refractivity contribution in [2.45, 2.75) is 6.04 Å². The van der Waals surface area contributed by atoms with Crippen molar-refractivity contribution in [3.05, 3.63) is 74.7 Å². The Labute approximate surface area is 160 Å². The maximum atomic E-state index is 12.5. The second-order valence-electron chi connectivity index (χ2n) is 5.93. The molecule has 0 fully saturated rings. The van der Waals surface area contributed by atoms with Crippen LogP contribution in [0.3, 0.4) is 0 Å². The van der Waals surface area contributed by atoms with E-state index in [1.807, 2.05) is 42.5 Å². The lowest BCUT2D eigenvalue weighted by atomic mass is 9.95. The van der Waals surface area contributed by atoms with Crippen LogP contribution < -0.4 is 10.9 Å². The number of halogens is 1. The normalized spacial score (nSPS) is 14.9. The molecular weight excluding hydrogens is 412 g/mol. The molecule has 0 saturated heterocycles. The Morgan fingerprint density at radius 1 is 1.11 bits per heavy atom. The molecule has 0 bridgehead atoms. The van der Waals surface area contributed by atoms with Gasteiger partial charge in [-0.1, -0.05) is 39.2 Å². The lowest BCUT2D eigenvalue weighted by Crippen LogP contribution is -2.29. The molecule has 2 N–H and O–H groups in total. The molecule has 0 amide bonds. The first-order valence-corrected chi connectivity index (χ1v) is 8.86. The number of nitrogens with zero attached hydrogens (tertiary/aromatic N) is 6. The second kappa shape index (κ2) is 6.09. The summed E-state index contributed by atoms with van der Waals surface area (Å²) >= 11 is 3.44. The molecule has 1 aliphatic rings.